The van der Waals surface area contributed by atoms with E-state index in [4.69, 9.17) is 4.74 Å². The first kappa shape index (κ1) is 15.1. The highest BCUT2D eigenvalue weighted by atomic mass is 16.5. The first-order valence-corrected chi connectivity index (χ1v) is 6.68. The third-order valence-electron chi connectivity index (χ3n) is 3.13. The zero-order chi connectivity index (χ0) is 15.4. The average molecular weight is 290 g/mol. The van der Waals surface area contributed by atoms with E-state index in [0.717, 1.165) is 5.56 Å². The van der Waals surface area contributed by atoms with Gasteiger partial charge >= 0.3 is 5.69 Å². The molecule has 21 heavy (non-hydrogen) atoms. The van der Waals surface area contributed by atoms with E-state index in [1.165, 1.54) is 10.8 Å². The van der Waals surface area contributed by atoms with Crippen LogP contribution in [0.5, 0.6) is 0 Å². The summed E-state index contributed by atoms with van der Waals surface area (Å²) in [5, 5.41) is 9.55. The monoisotopic (exact) mass is 290 g/mol. The lowest BCUT2D eigenvalue weighted by Crippen LogP contribution is -2.40. The van der Waals surface area contributed by atoms with Crippen LogP contribution in [0.15, 0.2) is 46.1 Å². The van der Waals surface area contributed by atoms with Crippen LogP contribution in [0.3, 0.4) is 0 Å². The van der Waals surface area contributed by atoms with E-state index in [9.17, 15) is 14.8 Å². The molecule has 0 aliphatic heterocycles. The largest absolute Gasteiger partial charge is 0.421 e. The van der Waals surface area contributed by atoms with Crippen LogP contribution in [0.4, 0.5) is 0 Å². The summed E-state index contributed by atoms with van der Waals surface area (Å²) in [6.45, 7) is 3.94. The van der Waals surface area contributed by atoms with Gasteiger partial charge in [0.05, 0.1) is 6.61 Å². The number of hydrogen-bond acceptors (Lipinski definition) is 4. The molecule has 0 atom stereocenters. The molecule has 0 saturated heterocycles. The van der Waals surface area contributed by atoms with Crippen molar-refractivity contribution >= 4 is 0 Å². The fourth-order valence-electron chi connectivity index (χ4n) is 1.93. The number of nitrogens with zero attached hydrogens (tertiary/aromatic N) is 2. The van der Waals surface area contributed by atoms with Gasteiger partial charge in [-0.05, 0) is 11.5 Å². The number of aromatic nitrogens is 2. The lowest BCUT2D eigenvalue weighted by atomic mass is 10.1. The van der Waals surface area contributed by atoms with Gasteiger partial charge in [0.2, 0.25) is 0 Å². The van der Waals surface area contributed by atoms with Crippen molar-refractivity contribution in [2.24, 2.45) is 0 Å². The summed E-state index contributed by atoms with van der Waals surface area (Å²) in [5.41, 5.74) is -0.154. The quantitative estimate of drug-likeness (QED) is 0.848. The molecule has 0 radical (unpaired) electrons. The number of ether oxygens (including phenoxy) is 1. The maximum atomic E-state index is 11.8. The van der Waals surface area contributed by atoms with Crippen LogP contribution >= 0.6 is 0 Å². The van der Waals surface area contributed by atoms with Gasteiger partial charge in [0.1, 0.15) is 6.73 Å². The van der Waals surface area contributed by atoms with Crippen LogP contribution in [0.1, 0.15) is 30.9 Å². The summed E-state index contributed by atoms with van der Waals surface area (Å²) in [6, 6.07) is 9.53. The fraction of sp³-hybridized carbons (Fsp3) is 0.333. The van der Waals surface area contributed by atoms with Crippen molar-refractivity contribution in [2.45, 2.75) is 33.1 Å². The highest BCUT2D eigenvalue weighted by Gasteiger charge is 2.13. The molecule has 0 saturated carbocycles. The van der Waals surface area contributed by atoms with Crippen LogP contribution < -0.4 is 11.2 Å². The summed E-state index contributed by atoms with van der Waals surface area (Å²) < 4.78 is 6.76. The summed E-state index contributed by atoms with van der Waals surface area (Å²) in [5.74, 6) is -0.100. The van der Waals surface area contributed by atoms with Crippen LogP contribution in [-0.4, -0.2) is 14.5 Å². The Morgan fingerprint density at radius 3 is 2.48 bits per heavy atom. The van der Waals surface area contributed by atoms with E-state index in [0.29, 0.717) is 12.2 Å². The number of benzene rings is 1. The van der Waals surface area contributed by atoms with Crippen molar-refractivity contribution < 1.29 is 9.94 Å². The second-order valence-corrected chi connectivity index (χ2v) is 5.07. The van der Waals surface area contributed by atoms with Gasteiger partial charge in [0, 0.05) is 11.8 Å². The summed E-state index contributed by atoms with van der Waals surface area (Å²) >= 11 is 0. The van der Waals surface area contributed by atoms with Gasteiger partial charge in [0.15, 0.2) is 0 Å². The van der Waals surface area contributed by atoms with Crippen molar-refractivity contribution in [3.05, 3.63) is 68.5 Å². The maximum absolute atomic E-state index is 11.8. The molecule has 1 N–H and O–H groups in total. The summed E-state index contributed by atoms with van der Waals surface area (Å²) in [4.78, 5) is 23.5. The molecule has 0 fully saturated rings. The van der Waals surface area contributed by atoms with Crippen molar-refractivity contribution in [2.75, 3.05) is 0 Å². The van der Waals surface area contributed by atoms with Gasteiger partial charge in [-0.15, -0.1) is 0 Å². The average Bonchev–Trinajstić information content (AvgIpc) is 2.48. The molecule has 0 aliphatic carbocycles. The minimum atomic E-state index is -0.808. The molecule has 1 aromatic heterocycles. The third kappa shape index (κ3) is 3.41. The predicted molar refractivity (Wildman–Crippen MR) is 77.5 cm³/mol. The van der Waals surface area contributed by atoms with Gasteiger partial charge < -0.3 is 9.94 Å². The molecule has 6 heteroatoms. The van der Waals surface area contributed by atoms with E-state index in [1.807, 2.05) is 44.2 Å². The van der Waals surface area contributed by atoms with Crippen molar-refractivity contribution in [1.29, 1.82) is 0 Å². The van der Waals surface area contributed by atoms with Crippen molar-refractivity contribution in [1.82, 2.24) is 9.30 Å². The Kier molecular flexibility index (Phi) is 4.59. The van der Waals surface area contributed by atoms with Gasteiger partial charge in [-0.2, -0.15) is 0 Å². The summed E-state index contributed by atoms with van der Waals surface area (Å²) in [6.07, 6.45) is 1.44. The Morgan fingerprint density at radius 1 is 1.19 bits per heavy atom. The highest BCUT2D eigenvalue weighted by molar-refractivity contribution is 5.13. The maximum Gasteiger partial charge on any atom is 0.366 e. The normalized spacial score (nSPS) is 11.0. The number of rotatable bonds is 5. The van der Waals surface area contributed by atoms with Gasteiger partial charge in [-0.3, -0.25) is 9.36 Å². The van der Waals surface area contributed by atoms with Crippen LogP contribution in [0, 0.1) is 0 Å². The Hall–Kier alpha value is -2.34. The first-order valence-electron chi connectivity index (χ1n) is 6.68. The van der Waals surface area contributed by atoms with Gasteiger partial charge in [0.25, 0.3) is 5.56 Å². The van der Waals surface area contributed by atoms with E-state index < -0.39 is 11.2 Å². The second-order valence-electron chi connectivity index (χ2n) is 5.07. The Bertz CT molecular complexity index is 717. The molecule has 0 bridgehead atoms. The van der Waals surface area contributed by atoms with E-state index in [-0.39, 0.29) is 17.4 Å². The molecule has 0 unspecified atom stereocenters. The fourth-order valence-corrected chi connectivity index (χ4v) is 1.93. The molecule has 1 heterocycles. The van der Waals surface area contributed by atoms with E-state index in [1.54, 1.807) is 0 Å². The van der Waals surface area contributed by atoms with E-state index in [2.05, 4.69) is 0 Å². The minimum Gasteiger partial charge on any atom is -0.421 e. The molecular formula is C15H18N2O4. The van der Waals surface area contributed by atoms with Crippen LogP contribution in [-0.2, 0) is 18.1 Å². The smallest absolute Gasteiger partial charge is 0.366 e. The molecule has 2 rings (SSSR count). The SMILES string of the molecule is CC(C)c1cn(COCc2ccccc2)c(=O)n(O)c1=O. The molecule has 0 aliphatic rings. The highest BCUT2D eigenvalue weighted by Crippen LogP contribution is 2.07. The van der Waals surface area contributed by atoms with Crippen molar-refractivity contribution in [3.8, 4) is 0 Å². The van der Waals surface area contributed by atoms with Gasteiger partial charge in [-0.25, -0.2) is 4.79 Å². The standard InChI is InChI=1S/C15H18N2O4/c1-11(2)13-8-16(15(19)17(20)14(13)18)10-21-9-12-6-4-3-5-7-12/h3-8,11,20H,9-10H2,1-2H3. The van der Waals surface area contributed by atoms with Crippen LogP contribution in [0.25, 0.3) is 0 Å². The zero-order valence-corrected chi connectivity index (χ0v) is 12.0. The molecule has 6 nitrogen and oxygen atoms in total. The van der Waals surface area contributed by atoms with Gasteiger partial charge in [-0.1, -0.05) is 48.9 Å². The third-order valence-corrected chi connectivity index (χ3v) is 3.13. The summed E-state index contributed by atoms with van der Waals surface area (Å²) in [7, 11) is 0. The second kappa shape index (κ2) is 6.41. The first-order chi connectivity index (χ1) is 10.0. The number of hydrogen-bond donors (Lipinski definition) is 1. The van der Waals surface area contributed by atoms with Crippen molar-refractivity contribution in [3.63, 3.8) is 0 Å². The minimum absolute atomic E-state index is 0.0334. The Labute approximate surface area is 121 Å². The Morgan fingerprint density at radius 2 is 1.86 bits per heavy atom. The topological polar surface area (TPSA) is 73.5 Å². The molecule has 0 spiro atoms. The van der Waals surface area contributed by atoms with Crippen LogP contribution in [0.2, 0.25) is 0 Å². The molecule has 112 valence electrons. The lowest BCUT2D eigenvalue weighted by Gasteiger charge is -2.12. The molecular weight excluding hydrogens is 272 g/mol. The zero-order valence-electron chi connectivity index (χ0n) is 12.0. The Balaban J connectivity index is 2.17. The molecule has 1 aromatic carbocycles. The predicted octanol–water partition coefficient (Wildman–Crippen LogP) is 1.54. The lowest BCUT2D eigenvalue weighted by molar-refractivity contribution is 0.0518. The molecule has 0 amide bonds. The molecule has 2 aromatic rings. The van der Waals surface area contributed by atoms with E-state index >= 15 is 0 Å².